The Kier molecular flexibility index (Phi) is 8.19. The highest BCUT2D eigenvalue weighted by atomic mass is 79.9. The Hall–Kier alpha value is -2.36. The van der Waals surface area contributed by atoms with Crippen LogP contribution in [0.3, 0.4) is 0 Å². The van der Waals surface area contributed by atoms with Gasteiger partial charge in [0.25, 0.3) is 5.91 Å². The number of benzene rings is 3. The molecule has 1 saturated heterocycles. The lowest BCUT2D eigenvalue weighted by Gasteiger charge is -2.23. The van der Waals surface area contributed by atoms with Crippen LogP contribution in [-0.2, 0) is 16.2 Å². The third kappa shape index (κ3) is 5.90. The van der Waals surface area contributed by atoms with Crippen molar-refractivity contribution in [2.45, 2.75) is 12.6 Å². The molecule has 1 unspecified atom stereocenters. The summed E-state index contributed by atoms with van der Waals surface area (Å²) in [5, 5.41) is 10.9. The van der Waals surface area contributed by atoms with Gasteiger partial charge in [0.2, 0.25) is 0 Å². The number of ether oxygens (including phenoxy) is 1. The van der Waals surface area contributed by atoms with E-state index in [1.54, 1.807) is 66.7 Å². The molecule has 1 N–H and O–H groups in total. The van der Waals surface area contributed by atoms with Crippen molar-refractivity contribution in [3.05, 3.63) is 103 Å². The van der Waals surface area contributed by atoms with Gasteiger partial charge in [0.15, 0.2) is 6.04 Å². The summed E-state index contributed by atoms with van der Waals surface area (Å²) in [5.41, 5.74) is 1.84. The van der Waals surface area contributed by atoms with Crippen LogP contribution in [0, 0.1) is 0 Å². The number of thioether (sulfide) groups is 1. The van der Waals surface area contributed by atoms with Gasteiger partial charge in [0.05, 0.1) is 4.91 Å². The molecule has 0 saturated carbocycles. The zero-order valence-corrected chi connectivity index (χ0v) is 22.5. The maximum atomic E-state index is 13.3. The van der Waals surface area contributed by atoms with E-state index in [1.165, 1.54) is 0 Å². The summed E-state index contributed by atoms with van der Waals surface area (Å²) in [6.07, 6.45) is 1.65. The first-order valence-corrected chi connectivity index (χ1v) is 12.9. The summed E-state index contributed by atoms with van der Waals surface area (Å²) < 4.78 is 6.95. The summed E-state index contributed by atoms with van der Waals surface area (Å²) >= 11 is 22.1. The van der Waals surface area contributed by atoms with Crippen molar-refractivity contribution < 1.29 is 19.4 Å². The lowest BCUT2D eigenvalue weighted by molar-refractivity contribution is -0.145. The summed E-state index contributed by atoms with van der Waals surface area (Å²) in [7, 11) is 0. The average Bonchev–Trinajstić information content (AvgIpc) is 3.08. The SMILES string of the molecule is O=C(O)C(c1ccccc1)N1C(=O)/C(=C\c2cc(Br)ccc2OCc2ccc(Cl)cc2Cl)SC1=S. The number of thiocarbonyl (C=S) groups is 1. The van der Waals surface area contributed by atoms with E-state index in [2.05, 4.69) is 15.9 Å². The molecule has 3 aromatic carbocycles. The Morgan fingerprint density at radius 2 is 1.89 bits per heavy atom. The number of aliphatic carboxylic acids is 1. The van der Waals surface area contributed by atoms with Gasteiger partial charge < -0.3 is 9.84 Å². The number of carbonyl (C=O) groups is 2. The first-order valence-electron chi connectivity index (χ1n) is 10.2. The summed E-state index contributed by atoms with van der Waals surface area (Å²) in [6, 6.07) is 17.8. The highest BCUT2D eigenvalue weighted by molar-refractivity contribution is 9.10. The van der Waals surface area contributed by atoms with Gasteiger partial charge in [0.1, 0.15) is 16.7 Å². The van der Waals surface area contributed by atoms with Crippen LogP contribution in [0.25, 0.3) is 6.08 Å². The second-order valence-electron chi connectivity index (χ2n) is 7.41. The zero-order valence-electron chi connectivity index (χ0n) is 17.8. The summed E-state index contributed by atoms with van der Waals surface area (Å²) in [6.45, 7) is 0.189. The molecule has 1 fully saturated rings. The summed E-state index contributed by atoms with van der Waals surface area (Å²) in [5.74, 6) is -1.13. The Labute approximate surface area is 229 Å². The second kappa shape index (κ2) is 11.1. The fourth-order valence-electron chi connectivity index (χ4n) is 3.44. The van der Waals surface area contributed by atoms with Gasteiger partial charge in [-0.2, -0.15) is 0 Å². The van der Waals surface area contributed by atoms with Crippen molar-refractivity contribution in [3.8, 4) is 5.75 Å². The lowest BCUT2D eigenvalue weighted by atomic mass is 10.1. The highest BCUT2D eigenvalue weighted by Gasteiger charge is 2.41. The molecule has 0 aliphatic carbocycles. The zero-order chi connectivity index (χ0) is 25.1. The quantitative estimate of drug-likeness (QED) is 0.223. The first-order chi connectivity index (χ1) is 16.7. The molecule has 5 nitrogen and oxygen atoms in total. The number of carbonyl (C=O) groups excluding carboxylic acids is 1. The second-order valence-corrected chi connectivity index (χ2v) is 10.8. The Bertz CT molecular complexity index is 1350. The number of hydrogen-bond donors (Lipinski definition) is 1. The van der Waals surface area contributed by atoms with Gasteiger partial charge in [-0.15, -0.1) is 0 Å². The third-order valence-electron chi connectivity index (χ3n) is 5.09. The molecule has 3 aromatic rings. The Morgan fingerprint density at radius 1 is 1.14 bits per heavy atom. The van der Waals surface area contributed by atoms with Crippen molar-refractivity contribution in [3.63, 3.8) is 0 Å². The van der Waals surface area contributed by atoms with Crippen LogP contribution < -0.4 is 4.74 Å². The van der Waals surface area contributed by atoms with E-state index in [9.17, 15) is 14.7 Å². The van der Waals surface area contributed by atoms with Gasteiger partial charge in [-0.3, -0.25) is 9.69 Å². The molecule has 1 atom stereocenters. The molecule has 35 heavy (non-hydrogen) atoms. The topological polar surface area (TPSA) is 66.8 Å². The Balaban J connectivity index is 1.63. The number of amides is 1. The van der Waals surface area contributed by atoms with E-state index < -0.39 is 17.9 Å². The third-order valence-corrected chi connectivity index (χ3v) is 7.50. The minimum absolute atomic E-state index is 0.169. The molecule has 178 valence electrons. The van der Waals surface area contributed by atoms with Crippen molar-refractivity contribution in [1.29, 1.82) is 0 Å². The predicted octanol–water partition coefficient (Wildman–Crippen LogP) is 7.36. The van der Waals surface area contributed by atoms with Crippen LogP contribution in [0.5, 0.6) is 5.75 Å². The van der Waals surface area contributed by atoms with Crippen LogP contribution >= 0.6 is 63.1 Å². The van der Waals surface area contributed by atoms with Gasteiger partial charge in [-0.25, -0.2) is 4.79 Å². The van der Waals surface area contributed by atoms with Crippen LogP contribution in [0.1, 0.15) is 22.7 Å². The average molecular weight is 609 g/mol. The summed E-state index contributed by atoms with van der Waals surface area (Å²) in [4.78, 5) is 26.8. The maximum Gasteiger partial charge on any atom is 0.331 e. The molecule has 1 amide bonds. The molecule has 1 aliphatic heterocycles. The van der Waals surface area contributed by atoms with Crippen LogP contribution in [0.4, 0.5) is 0 Å². The normalized spacial score (nSPS) is 15.5. The van der Waals surface area contributed by atoms with E-state index in [4.69, 9.17) is 40.2 Å². The molecule has 1 heterocycles. The van der Waals surface area contributed by atoms with Crippen molar-refractivity contribution >= 4 is 85.4 Å². The number of nitrogens with zero attached hydrogens (tertiary/aromatic N) is 1. The number of halogens is 3. The smallest absolute Gasteiger partial charge is 0.331 e. The molecule has 1 aliphatic rings. The van der Waals surface area contributed by atoms with Gasteiger partial charge in [-0.05, 0) is 42.0 Å². The number of carboxylic acid groups (broad SMARTS) is 1. The van der Waals surface area contributed by atoms with Crippen molar-refractivity contribution in [1.82, 2.24) is 4.90 Å². The van der Waals surface area contributed by atoms with Crippen LogP contribution in [0.15, 0.2) is 76.1 Å². The number of hydrogen-bond acceptors (Lipinski definition) is 5. The molecular formula is C25H16BrCl2NO4S2. The number of rotatable bonds is 7. The first kappa shape index (κ1) is 25.7. The van der Waals surface area contributed by atoms with E-state index in [1.807, 2.05) is 6.07 Å². The molecule has 0 bridgehead atoms. The number of carboxylic acids is 1. The molecule has 0 spiro atoms. The standard InChI is InChI=1S/C25H16BrCl2NO4S2/c26-17-7-9-20(33-13-15-6-8-18(27)12-19(15)28)16(10-17)11-21-23(30)29(25(34)35-21)22(24(31)32)14-4-2-1-3-5-14/h1-12,22H,13H2,(H,31,32)/b21-11+. The fourth-order valence-corrected chi connectivity index (χ4v) is 5.58. The van der Waals surface area contributed by atoms with Gasteiger partial charge in [0, 0.05) is 25.6 Å². The van der Waals surface area contributed by atoms with Crippen molar-refractivity contribution in [2.24, 2.45) is 0 Å². The monoisotopic (exact) mass is 607 g/mol. The highest BCUT2D eigenvalue weighted by Crippen LogP contribution is 2.39. The Morgan fingerprint density at radius 3 is 2.57 bits per heavy atom. The van der Waals surface area contributed by atoms with Gasteiger partial charge in [-0.1, -0.05) is 99.5 Å². The van der Waals surface area contributed by atoms with E-state index in [0.29, 0.717) is 31.8 Å². The van der Waals surface area contributed by atoms with Crippen LogP contribution in [0.2, 0.25) is 10.0 Å². The van der Waals surface area contributed by atoms with Gasteiger partial charge >= 0.3 is 5.97 Å². The molecular weight excluding hydrogens is 593 g/mol. The molecule has 10 heteroatoms. The van der Waals surface area contributed by atoms with E-state index in [-0.39, 0.29) is 10.9 Å². The minimum Gasteiger partial charge on any atom is -0.488 e. The minimum atomic E-state index is -1.22. The largest absolute Gasteiger partial charge is 0.488 e. The fraction of sp³-hybridized carbons (Fsp3) is 0.0800. The molecule has 0 aromatic heterocycles. The maximum absolute atomic E-state index is 13.3. The lowest BCUT2D eigenvalue weighted by Crippen LogP contribution is -2.37. The predicted molar refractivity (Wildman–Crippen MR) is 147 cm³/mol. The van der Waals surface area contributed by atoms with E-state index >= 15 is 0 Å². The van der Waals surface area contributed by atoms with Crippen molar-refractivity contribution in [2.75, 3.05) is 0 Å². The van der Waals surface area contributed by atoms with Crippen LogP contribution in [-0.4, -0.2) is 26.2 Å². The molecule has 4 rings (SSSR count). The molecule has 0 radical (unpaired) electrons. The van der Waals surface area contributed by atoms with E-state index in [0.717, 1.165) is 26.7 Å².